The van der Waals surface area contributed by atoms with Gasteiger partial charge in [0, 0.05) is 0 Å². The SMILES string of the molecule is CC1NC(=O)NN=C1c1cc(-c2ccccc2)cs1. The Hall–Kier alpha value is -2.14. The summed E-state index contributed by atoms with van der Waals surface area (Å²) < 4.78 is 0. The maximum Gasteiger partial charge on any atom is 0.335 e. The summed E-state index contributed by atoms with van der Waals surface area (Å²) in [7, 11) is 0. The molecule has 2 amide bonds. The molecule has 0 radical (unpaired) electrons. The van der Waals surface area contributed by atoms with Crippen molar-refractivity contribution in [2.24, 2.45) is 5.10 Å². The van der Waals surface area contributed by atoms with Gasteiger partial charge in [-0.25, -0.2) is 10.2 Å². The Bertz CT molecular complexity index is 633. The molecule has 0 spiro atoms. The Balaban J connectivity index is 1.92. The molecular formula is C14H13N3OS. The van der Waals surface area contributed by atoms with Crippen molar-refractivity contribution < 1.29 is 4.79 Å². The number of carbonyl (C=O) groups excluding carboxylic acids is 1. The second-order valence-electron chi connectivity index (χ2n) is 4.37. The standard InChI is InChI=1S/C14H13N3OS/c1-9-13(16-17-14(18)15-9)12-7-11(8-19-12)10-5-3-2-4-6-10/h2-9H,1H3,(H2,15,17,18). The van der Waals surface area contributed by atoms with Gasteiger partial charge in [-0.3, -0.25) is 0 Å². The number of thiophene rings is 1. The highest BCUT2D eigenvalue weighted by molar-refractivity contribution is 7.12. The van der Waals surface area contributed by atoms with Crippen molar-refractivity contribution in [3.8, 4) is 11.1 Å². The highest BCUT2D eigenvalue weighted by Gasteiger charge is 2.21. The van der Waals surface area contributed by atoms with Crippen molar-refractivity contribution in [2.75, 3.05) is 0 Å². The number of amides is 2. The van der Waals surface area contributed by atoms with Crippen LogP contribution in [0.4, 0.5) is 4.79 Å². The predicted octanol–water partition coefficient (Wildman–Crippen LogP) is 2.82. The fourth-order valence-electron chi connectivity index (χ4n) is 2.03. The maximum absolute atomic E-state index is 11.2. The van der Waals surface area contributed by atoms with Gasteiger partial charge in [0.1, 0.15) is 5.71 Å². The van der Waals surface area contributed by atoms with E-state index in [9.17, 15) is 4.79 Å². The van der Waals surface area contributed by atoms with Crippen LogP contribution in [0.1, 0.15) is 11.8 Å². The molecule has 0 saturated heterocycles. The topological polar surface area (TPSA) is 53.5 Å². The third-order valence-corrected chi connectivity index (χ3v) is 3.95. The maximum atomic E-state index is 11.2. The van der Waals surface area contributed by atoms with Crippen LogP contribution in [0.3, 0.4) is 0 Å². The molecule has 0 fully saturated rings. The van der Waals surface area contributed by atoms with Gasteiger partial charge in [0.15, 0.2) is 0 Å². The Kier molecular flexibility index (Phi) is 3.05. The van der Waals surface area contributed by atoms with E-state index in [-0.39, 0.29) is 12.1 Å². The molecule has 2 aromatic rings. The van der Waals surface area contributed by atoms with Crippen molar-refractivity contribution in [1.29, 1.82) is 0 Å². The highest BCUT2D eigenvalue weighted by Crippen LogP contribution is 2.26. The van der Waals surface area contributed by atoms with Crippen molar-refractivity contribution >= 4 is 23.1 Å². The summed E-state index contributed by atoms with van der Waals surface area (Å²) in [6.07, 6.45) is 0. The molecule has 1 aliphatic rings. The summed E-state index contributed by atoms with van der Waals surface area (Å²) in [5.41, 5.74) is 5.68. The summed E-state index contributed by atoms with van der Waals surface area (Å²) in [6.45, 7) is 1.93. The van der Waals surface area contributed by atoms with Crippen LogP contribution in [0.25, 0.3) is 11.1 Å². The zero-order valence-electron chi connectivity index (χ0n) is 10.4. The second kappa shape index (κ2) is 4.85. The lowest BCUT2D eigenvalue weighted by Gasteiger charge is -2.19. The van der Waals surface area contributed by atoms with E-state index in [2.05, 4.69) is 39.4 Å². The van der Waals surface area contributed by atoms with E-state index in [4.69, 9.17) is 0 Å². The molecule has 1 unspecified atom stereocenters. The molecule has 19 heavy (non-hydrogen) atoms. The second-order valence-corrected chi connectivity index (χ2v) is 5.28. The predicted molar refractivity (Wildman–Crippen MR) is 77.4 cm³/mol. The lowest BCUT2D eigenvalue weighted by atomic mass is 10.1. The average Bonchev–Trinajstić information content (AvgIpc) is 2.89. The quantitative estimate of drug-likeness (QED) is 0.867. The van der Waals surface area contributed by atoms with Gasteiger partial charge in [-0.1, -0.05) is 30.3 Å². The van der Waals surface area contributed by atoms with Crippen LogP contribution in [0.15, 0.2) is 46.9 Å². The fraction of sp³-hybridized carbons (Fsp3) is 0.143. The molecule has 1 atom stereocenters. The van der Waals surface area contributed by atoms with Crippen LogP contribution < -0.4 is 10.7 Å². The van der Waals surface area contributed by atoms with E-state index < -0.39 is 0 Å². The van der Waals surface area contributed by atoms with Crippen molar-refractivity contribution in [2.45, 2.75) is 13.0 Å². The van der Waals surface area contributed by atoms with E-state index in [0.717, 1.165) is 10.6 Å². The van der Waals surface area contributed by atoms with Crippen LogP contribution in [-0.4, -0.2) is 17.8 Å². The molecule has 1 aromatic heterocycles. The number of nitrogens with zero attached hydrogens (tertiary/aromatic N) is 1. The van der Waals surface area contributed by atoms with Gasteiger partial charge < -0.3 is 5.32 Å². The Morgan fingerprint density at radius 3 is 2.74 bits per heavy atom. The van der Waals surface area contributed by atoms with Crippen LogP contribution in [0, 0.1) is 0 Å². The molecule has 0 bridgehead atoms. The van der Waals surface area contributed by atoms with Gasteiger partial charge in [-0.2, -0.15) is 5.10 Å². The summed E-state index contributed by atoms with van der Waals surface area (Å²) in [4.78, 5) is 12.2. The average molecular weight is 271 g/mol. The molecule has 2 N–H and O–H groups in total. The first kappa shape index (κ1) is 11.9. The van der Waals surface area contributed by atoms with E-state index in [1.54, 1.807) is 11.3 Å². The lowest BCUT2D eigenvalue weighted by Crippen LogP contribution is -2.48. The number of hydrogen-bond donors (Lipinski definition) is 2. The third kappa shape index (κ3) is 2.37. The van der Waals surface area contributed by atoms with Gasteiger partial charge >= 0.3 is 6.03 Å². The van der Waals surface area contributed by atoms with Crippen molar-refractivity contribution in [3.63, 3.8) is 0 Å². The summed E-state index contributed by atoms with van der Waals surface area (Å²) in [5, 5.41) is 9.04. The Morgan fingerprint density at radius 2 is 2.00 bits per heavy atom. The first-order valence-electron chi connectivity index (χ1n) is 6.02. The first-order valence-corrected chi connectivity index (χ1v) is 6.90. The molecule has 5 heteroatoms. The number of urea groups is 1. The molecular weight excluding hydrogens is 258 g/mol. The van der Waals surface area contributed by atoms with E-state index >= 15 is 0 Å². The van der Waals surface area contributed by atoms with Gasteiger partial charge in [0.25, 0.3) is 0 Å². The zero-order valence-corrected chi connectivity index (χ0v) is 11.2. The van der Waals surface area contributed by atoms with Crippen LogP contribution in [0.2, 0.25) is 0 Å². The molecule has 0 aliphatic carbocycles. The molecule has 2 heterocycles. The molecule has 96 valence electrons. The number of hydrogen-bond acceptors (Lipinski definition) is 3. The van der Waals surface area contributed by atoms with E-state index in [0.29, 0.717) is 0 Å². The van der Waals surface area contributed by atoms with Crippen LogP contribution in [0.5, 0.6) is 0 Å². The van der Waals surface area contributed by atoms with Gasteiger partial charge in [0.05, 0.1) is 10.9 Å². The zero-order chi connectivity index (χ0) is 13.2. The molecule has 1 aliphatic heterocycles. The highest BCUT2D eigenvalue weighted by atomic mass is 32.1. The van der Waals surface area contributed by atoms with Gasteiger partial charge in [-0.15, -0.1) is 11.3 Å². The number of hydrazone groups is 1. The molecule has 4 nitrogen and oxygen atoms in total. The van der Waals surface area contributed by atoms with Gasteiger partial charge in [-0.05, 0) is 29.5 Å². The largest absolute Gasteiger partial charge is 0.335 e. The van der Waals surface area contributed by atoms with E-state index in [1.807, 2.05) is 25.1 Å². The summed E-state index contributed by atoms with van der Waals surface area (Å²) >= 11 is 1.63. The minimum absolute atomic E-state index is 0.0731. The third-order valence-electron chi connectivity index (χ3n) is 2.99. The smallest absolute Gasteiger partial charge is 0.328 e. The summed E-state index contributed by atoms with van der Waals surface area (Å²) in [6, 6.07) is 12.0. The van der Waals surface area contributed by atoms with Crippen molar-refractivity contribution in [3.05, 3.63) is 46.7 Å². The normalized spacial score (nSPS) is 18.5. The monoisotopic (exact) mass is 271 g/mol. The Labute approximate surface area is 115 Å². The Morgan fingerprint density at radius 1 is 1.21 bits per heavy atom. The molecule has 1 aromatic carbocycles. The minimum atomic E-state index is -0.254. The molecule has 3 rings (SSSR count). The summed E-state index contributed by atoms with van der Waals surface area (Å²) in [5.74, 6) is 0. The lowest BCUT2D eigenvalue weighted by molar-refractivity contribution is 0.239. The number of benzene rings is 1. The first-order chi connectivity index (χ1) is 9.24. The van der Waals surface area contributed by atoms with Crippen LogP contribution >= 0.6 is 11.3 Å². The van der Waals surface area contributed by atoms with Gasteiger partial charge in [0.2, 0.25) is 0 Å². The van der Waals surface area contributed by atoms with E-state index in [1.165, 1.54) is 11.1 Å². The molecule has 0 saturated carbocycles. The number of carbonyl (C=O) groups is 1. The minimum Gasteiger partial charge on any atom is -0.328 e. The number of nitrogens with one attached hydrogen (secondary N) is 2. The number of rotatable bonds is 2. The van der Waals surface area contributed by atoms with Crippen LogP contribution in [-0.2, 0) is 0 Å². The van der Waals surface area contributed by atoms with Crippen molar-refractivity contribution in [1.82, 2.24) is 10.7 Å². The fourth-order valence-corrected chi connectivity index (χ4v) is 3.02.